The van der Waals surface area contributed by atoms with E-state index in [-0.39, 0.29) is 18.4 Å². The summed E-state index contributed by atoms with van der Waals surface area (Å²) in [6.45, 7) is 6.50. The van der Waals surface area contributed by atoms with Gasteiger partial charge in [-0.05, 0) is 44.0 Å². The number of carbonyl (C=O) groups is 2. The van der Waals surface area contributed by atoms with Crippen LogP contribution in [0.25, 0.3) is 16.9 Å². The largest absolute Gasteiger partial charge is 0.496 e. The topological polar surface area (TPSA) is 76.5 Å². The molecule has 0 aliphatic carbocycles. The number of methoxy groups -OCH3 is 1. The molecule has 3 aromatic carbocycles. The molecule has 1 heterocycles. The zero-order valence-electron chi connectivity index (χ0n) is 22.4. The number of nitrogens with zero attached hydrogens (tertiary/aromatic N) is 3. The van der Waals surface area contributed by atoms with Crippen molar-refractivity contribution in [1.29, 1.82) is 0 Å². The van der Waals surface area contributed by atoms with Gasteiger partial charge < -0.3 is 15.0 Å². The zero-order valence-corrected chi connectivity index (χ0v) is 22.4. The molecule has 2 amide bonds. The molecule has 7 nitrogen and oxygen atoms in total. The Kier molecular flexibility index (Phi) is 8.58. The number of anilines is 1. The molecule has 0 radical (unpaired) electrons. The minimum Gasteiger partial charge on any atom is -0.496 e. The van der Waals surface area contributed by atoms with Gasteiger partial charge in [0.25, 0.3) is 5.91 Å². The average molecular weight is 511 g/mol. The number of benzene rings is 3. The van der Waals surface area contributed by atoms with Crippen LogP contribution < -0.4 is 10.1 Å². The van der Waals surface area contributed by atoms with Crippen LogP contribution in [0, 0.1) is 13.8 Å². The monoisotopic (exact) mass is 510 g/mol. The molecule has 0 saturated carbocycles. The van der Waals surface area contributed by atoms with E-state index in [1.807, 2.05) is 68.4 Å². The van der Waals surface area contributed by atoms with E-state index in [0.29, 0.717) is 23.7 Å². The number of amides is 2. The van der Waals surface area contributed by atoms with Crippen LogP contribution in [0.15, 0.2) is 78.9 Å². The number of hydrogen-bond acceptors (Lipinski definition) is 4. The number of carbonyl (C=O) groups excluding carboxylic acids is 2. The predicted molar refractivity (Wildman–Crippen MR) is 151 cm³/mol. The molecule has 4 rings (SSSR count). The lowest BCUT2D eigenvalue weighted by molar-refractivity contribution is -0.117. The first-order chi connectivity index (χ1) is 18.4. The van der Waals surface area contributed by atoms with Crippen LogP contribution in [0.3, 0.4) is 0 Å². The number of rotatable bonds is 10. The summed E-state index contributed by atoms with van der Waals surface area (Å²) in [6.07, 6.45) is 1.68. The predicted octanol–water partition coefficient (Wildman–Crippen LogP) is 6.05. The van der Waals surface area contributed by atoms with Gasteiger partial charge in [0.05, 0.1) is 24.1 Å². The third kappa shape index (κ3) is 6.11. The van der Waals surface area contributed by atoms with Crippen LogP contribution in [0.1, 0.15) is 41.3 Å². The van der Waals surface area contributed by atoms with Gasteiger partial charge in [-0.3, -0.25) is 9.59 Å². The van der Waals surface area contributed by atoms with Gasteiger partial charge in [0.15, 0.2) is 0 Å². The number of nitrogens with one attached hydrogen (secondary N) is 1. The van der Waals surface area contributed by atoms with Crippen LogP contribution in [-0.2, 0) is 4.79 Å². The summed E-state index contributed by atoms with van der Waals surface area (Å²) in [7, 11) is 1.54. The van der Waals surface area contributed by atoms with Crippen molar-refractivity contribution in [2.45, 2.75) is 33.6 Å². The normalized spacial score (nSPS) is 10.7. The van der Waals surface area contributed by atoms with Crippen molar-refractivity contribution in [3.05, 3.63) is 95.6 Å². The van der Waals surface area contributed by atoms with Crippen LogP contribution in [0.2, 0.25) is 0 Å². The van der Waals surface area contributed by atoms with E-state index >= 15 is 0 Å². The Balaban J connectivity index is 1.64. The van der Waals surface area contributed by atoms with Crippen molar-refractivity contribution in [1.82, 2.24) is 14.7 Å². The van der Waals surface area contributed by atoms with Crippen molar-refractivity contribution in [2.75, 3.05) is 25.5 Å². The summed E-state index contributed by atoms with van der Waals surface area (Å²) in [6, 6.07) is 24.9. The van der Waals surface area contributed by atoms with E-state index in [9.17, 15) is 9.59 Å². The molecule has 0 fully saturated rings. The highest BCUT2D eigenvalue weighted by Crippen LogP contribution is 2.27. The molecule has 0 aliphatic heterocycles. The fourth-order valence-electron chi connectivity index (χ4n) is 4.40. The summed E-state index contributed by atoms with van der Waals surface area (Å²) in [4.78, 5) is 28.4. The number of ether oxygens (including phenoxy) is 1. The first kappa shape index (κ1) is 26.7. The lowest BCUT2D eigenvalue weighted by atomic mass is 10.1. The highest BCUT2D eigenvalue weighted by molar-refractivity contribution is 6.01. The highest BCUT2D eigenvalue weighted by atomic mass is 16.5. The van der Waals surface area contributed by atoms with Gasteiger partial charge in [-0.15, -0.1) is 0 Å². The number of aryl methyl sites for hydroxylation is 2. The molecule has 1 N–H and O–H groups in total. The smallest absolute Gasteiger partial charge is 0.258 e. The SMILES string of the molecule is CCCCN(CC(=O)Nc1cc(-c2ccccc2)nn1-c1ccc(C)cc1C)C(=O)c1ccccc1OC. The van der Waals surface area contributed by atoms with Crippen molar-refractivity contribution >= 4 is 17.6 Å². The van der Waals surface area contributed by atoms with Gasteiger partial charge in [0, 0.05) is 18.2 Å². The van der Waals surface area contributed by atoms with Crippen molar-refractivity contribution < 1.29 is 14.3 Å². The molecular formula is C31H34N4O3. The van der Waals surface area contributed by atoms with Crippen molar-refractivity contribution in [3.8, 4) is 22.7 Å². The van der Waals surface area contributed by atoms with E-state index in [2.05, 4.69) is 18.3 Å². The first-order valence-electron chi connectivity index (χ1n) is 12.9. The fraction of sp³-hybridized carbons (Fsp3) is 0.258. The van der Waals surface area contributed by atoms with Gasteiger partial charge >= 0.3 is 0 Å². The third-order valence-electron chi connectivity index (χ3n) is 6.37. The maximum absolute atomic E-state index is 13.4. The quantitative estimate of drug-likeness (QED) is 0.282. The Morgan fingerprint density at radius 1 is 0.974 bits per heavy atom. The molecule has 0 bridgehead atoms. The molecule has 4 aromatic rings. The molecule has 1 aromatic heterocycles. The Labute approximate surface area is 224 Å². The molecule has 38 heavy (non-hydrogen) atoms. The van der Waals surface area contributed by atoms with E-state index in [1.165, 1.54) is 7.11 Å². The van der Waals surface area contributed by atoms with Crippen LogP contribution >= 0.6 is 0 Å². The number of aromatic nitrogens is 2. The molecule has 196 valence electrons. The summed E-state index contributed by atoms with van der Waals surface area (Å²) < 4.78 is 7.15. The second-order valence-corrected chi connectivity index (χ2v) is 9.31. The van der Waals surface area contributed by atoms with Crippen molar-refractivity contribution in [3.63, 3.8) is 0 Å². The fourth-order valence-corrected chi connectivity index (χ4v) is 4.40. The second kappa shape index (κ2) is 12.2. The molecule has 0 atom stereocenters. The van der Waals surface area contributed by atoms with Gasteiger partial charge in [-0.2, -0.15) is 5.10 Å². The maximum Gasteiger partial charge on any atom is 0.258 e. The van der Waals surface area contributed by atoms with Gasteiger partial charge in [-0.1, -0.05) is 73.5 Å². The second-order valence-electron chi connectivity index (χ2n) is 9.31. The summed E-state index contributed by atoms with van der Waals surface area (Å²) in [5.41, 5.74) is 5.19. The first-order valence-corrected chi connectivity index (χ1v) is 12.9. The Morgan fingerprint density at radius 2 is 1.71 bits per heavy atom. The lowest BCUT2D eigenvalue weighted by Crippen LogP contribution is -2.39. The summed E-state index contributed by atoms with van der Waals surface area (Å²) in [5, 5.41) is 7.85. The minimum absolute atomic E-state index is 0.0877. The number of para-hydroxylation sites is 1. The average Bonchev–Trinajstić information content (AvgIpc) is 3.34. The lowest BCUT2D eigenvalue weighted by Gasteiger charge is -2.23. The van der Waals surface area contributed by atoms with Gasteiger partial charge in [0.1, 0.15) is 18.1 Å². The molecule has 0 saturated heterocycles. The molecular weight excluding hydrogens is 476 g/mol. The Morgan fingerprint density at radius 3 is 2.42 bits per heavy atom. The Hall–Kier alpha value is -4.39. The van der Waals surface area contributed by atoms with E-state index in [4.69, 9.17) is 9.84 Å². The highest BCUT2D eigenvalue weighted by Gasteiger charge is 2.23. The molecule has 0 spiro atoms. The maximum atomic E-state index is 13.4. The van der Waals surface area contributed by atoms with Crippen LogP contribution in [-0.4, -0.2) is 46.7 Å². The summed E-state index contributed by atoms with van der Waals surface area (Å²) in [5.74, 6) is 0.495. The molecule has 7 heteroatoms. The zero-order chi connectivity index (χ0) is 27.1. The van der Waals surface area contributed by atoms with E-state index in [1.54, 1.807) is 27.8 Å². The van der Waals surface area contributed by atoms with Crippen LogP contribution in [0.4, 0.5) is 5.82 Å². The Bertz CT molecular complexity index is 1410. The van der Waals surface area contributed by atoms with Gasteiger partial charge in [-0.25, -0.2) is 4.68 Å². The number of unbranched alkanes of at least 4 members (excludes halogenated alkanes) is 1. The van der Waals surface area contributed by atoms with E-state index in [0.717, 1.165) is 40.9 Å². The molecule has 0 unspecified atom stereocenters. The van der Waals surface area contributed by atoms with E-state index < -0.39 is 0 Å². The van der Waals surface area contributed by atoms with Crippen molar-refractivity contribution in [2.24, 2.45) is 0 Å². The minimum atomic E-state index is -0.296. The number of hydrogen-bond donors (Lipinski definition) is 1. The third-order valence-corrected chi connectivity index (χ3v) is 6.37. The van der Waals surface area contributed by atoms with Crippen LogP contribution in [0.5, 0.6) is 5.75 Å². The van der Waals surface area contributed by atoms with Gasteiger partial charge in [0.2, 0.25) is 5.91 Å². The standard InChI is InChI=1S/C31H34N4O3/c1-5-6-18-34(31(37)25-14-10-11-15-28(25)38-4)21-30(36)32-29-20-26(24-12-8-7-9-13-24)33-35(29)27-17-16-22(2)19-23(27)3/h7-17,19-20H,5-6,18,21H2,1-4H3,(H,32,36). The molecule has 0 aliphatic rings. The summed E-state index contributed by atoms with van der Waals surface area (Å²) >= 11 is 0.